The SMILES string of the molecule is CC1=C(C)Nc2ncccc2C1. The van der Waals surface area contributed by atoms with E-state index >= 15 is 0 Å². The molecule has 0 aromatic carbocycles. The Morgan fingerprint density at radius 2 is 2.25 bits per heavy atom. The van der Waals surface area contributed by atoms with E-state index in [2.05, 4.69) is 30.2 Å². The molecule has 2 heteroatoms. The molecule has 0 fully saturated rings. The largest absolute Gasteiger partial charge is 0.344 e. The first-order chi connectivity index (χ1) is 5.77. The van der Waals surface area contributed by atoms with Gasteiger partial charge in [-0.2, -0.15) is 0 Å². The van der Waals surface area contributed by atoms with Crippen molar-refractivity contribution >= 4 is 5.82 Å². The van der Waals surface area contributed by atoms with Crippen LogP contribution < -0.4 is 5.32 Å². The highest BCUT2D eigenvalue weighted by Gasteiger charge is 2.11. The highest BCUT2D eigenvalue weighted by Crippen LogP contribution is 2.24. The van der Waals surface area contributed by atoms with Crippen LogP contribution >= 0.6 is 0 Å². The molecule has 1 aromatic rings. The van der Waals surface area contributed by atoms with E-state index in [1.807, 2.05) is 12.3 Å². The predicted molar refractivity (Wildman–Crippen MR) is 49.9 cm³/mol. The van der Waals surface area contributed by atoms with Crippen molar-refractivity contribution in [2.45, 2.75) is 20.3 Å². The molecule has 0 amide bonds. The number of nitrogens with zero attached hydrogens (tertiary/aromatic N) is 1. The summed E-state index contributed by atoms with van der Waals surface area (Å²) in [5.74, 6) is 1.01. The first-order valence-electron chi connectivity index (χ1n) is 4.14. The van der Waals surface area contributed by atoms with Crippen LogP contribution in [-0.4, -0.2) is 4.98 Å². The fraction of sp³-hybridized carbons (Fsp3) is 0.300. The van der Waals surface area contributed by atoms with Crippen molar-refractivity contribution in [3.63, 3.8) is 0 Å². The summed E-state index contributed by atoms with van der Waals surface area (Å²) >= 11 is 0. The molecule has 0 spiro atoms. The van der Waals surface area contributed by atoms with E-state index in [1.54, 1.807) is 0 Å². The Kier molecular flexibility index (Phi) is 1.61. The molecule has 2 rings (SSSR count). The first-order valence-corrected chi connectivity index (χ1v) is 4.14. The Hall–Kier alpha value is -1.31. The Balaban J connectivity index is 2.43. The number of hydrogen-bond acceptors (Lipinski definition) is 2. The van der Waals surface area contributed by atoms with Gasteiger partial charge in [0, 0.05) is 11.9 Å². The molecule has 2 heterocycles. The highest BCUT2D eigenvalue weighted by molar-refractivity contribution is 5.54. The Labute approximate surface area is 72.3 Å². The first kappa shape index (κ1) is 7.35. The van der Waals surface area contributed by atoms with Crippen LogP contribution in [0.3, 0.4) is 0 Å². The number of allylic oxidation sites excluding steroid dienone is 2. The zero-order valence-corrected chi connectivity index (χ0v) is 7.39. The number of nitrogens with one attached hydrogen (secondary N) is 1. The molecule has 2 nitrogen and oxygen atoms in total. The minimum Gasteiger partial charge on any atom is -0.344 e. The van der Waals surface area contributed by atoms with Gasteiger partial charge >= 0.3 is 0 Å². The van der Waals surface area contributed by atoms with Gasteiger partial charge in [-0.3, -0.25) is 0 Å². The summed E-state index contributed by atoms with van der Waals surface area (Å²) in [5.41, 5.74) is 3.93. The van der Waals surface area contributed by atoms with Gasteiger partial charge in [-0.25, -0.2) is 4.98 Å². The van der Waals surface area contributed by atoms with Crippen LogP contribution in [0.1, 0.15) is 19.4 Å². The van der Waals surface area contributed by atoms with Crippen molar-refractivity contribution in [3.8, 4) is 0 Å². The van der Waals surface area contributed by atoms with E-state index in [-0.39, 0.29) is 0 Å². The molecule has 0 unspecified atom stereocenters. The van der Waals surface area contributed by atoms with Crippen LogP contribution in [0.15, 0.2) is 29.6 Å². The molecule has 0 atom stereocenters. The molecule has 0 aliphatic carbocycles. The average Bonchev–Trinajstić information content (AvgIpc) is 2.07. The lowest BCUT2D eigenvalue weighted by atomic mass is 10.0. The number of rotatable bonds is 0. The molecule has 1 N–H and O–H groups in total. The fourth-order valence-electron chi connectivity index (χ4n) is 1.40. The van der Waals surface area contributed by atoms with Gasteiger partial charge in [0.05, 0.1) is 0 Å². The number of hydrogen-bond donors (Lipinski definition) is 1. The van der Waals surface area contributed by atoms with Crippen LogP contribution in [0, 0.1) is 0 Å². The molecule has 0 saturated heterocycles. The van der Waals surface area contributed by atoms with Gasteiger partial charge in [-0.1, -0.05) is 6.07 Å². The highest BCUT2D eigenvalue weighted by atomic mass is 15.0. The molecule has 62 valence electrons. The summed E-state index contributed by atoms with van der Waals surface area (Å²) < 4.78 is 0. The van der Waals surface area contributed by atoms with E-state index in [9.17, 15) is 0 Å². The zero-order valence-electron chi connectivity index (χ0n) is 7.39. The van der Waals surface area contributed by atoms with Gasteiger partial charge in [0.1, 0.15) is 5.82 Å². The third-order valence-electron chi connectivity index (χ3n) is 2.29. The average molecular weight is 160 g/mol. The van der Waals surface area contributed by atoms with Crippen molar-refractivity contribution in [1.29, 1.82) is 0 Å². The molecular weight excluding hydrogens is 148 g/mol. The topological polar surface area (TPSA) is 24.9 Å². The van der Waals surface area contributed by atoms with Gasteiger partial charge < -0.3 is 5.32 Å². The smallest absolute Gasteiger partial charge is 0.133 e. The second-order valence-corrected chi connectivity index (χ2v) is 3.22. The molecule has 0 bridgehead atoms. The lowest BCUT2D eigenvalue weighted by Crippen LogP contribution is -2.10. The Morgan fingerprint density at radius 1 is 1.42 bits per heavy atom. The molecule has 0 saturated carbocycles. The van der Waals surface area contributed by atoms with Gasteiger partial charge in [0.15, 0.2) is 0 Å². The minimum absolute atomic E-state index is 1.01. The van der Waals surface area contributed by atoms with Crippen molar-refractivity contribution in [2.24, 2.45) is 0 Å². The van der Waals surface area contributed by atoms with Crippen molar-refractivity contribution in [3.05, 3.63) is 35.2 Å². The Bertz CT molecular complexity index is 306. The summed E-state index contributed by atoms with van der Waals surface area (Å²) in [7, 11) is 0. The molecule has 1 aliphatic heterocycles. The molecule has 12 heavy (non-hydrogen) atoms. The van der Waals surface area contributed by atoms with E-state index < -0.39 is 0 Å². The quantitative estimate of drug-likeness (QED) is 0.630. The number of anilines is 1. The molecule has 1 aromatic heterocycles. The van der Waals surface area contributed by atoms with E-state index in [0.717, 1.165) is 12.2 Å². The second kappa shape index (κ2) is 2.63. The maximum Gasteiger partial charge on any atom is 0.133 e. The maximum absolute atomic E-state index is 4.26. The van der Waals surface area contributed by atoms with Gasteiger partial charge in [-0.15, -0.1) is 0 Å². The number of pyridine rings is 1. The molecule has 0 radical (unpaired) electrons. The van der Waals surface area contributed by atoms with Crippen LogP contribution in [0.2, 0.25) is 0 Å². The molecule has 1 aliphatic rings. The van der Waals surface area contributed by atoms with Crippen LogP contribution in [0.5, 0.6) is 0 Å². The second-order valence-electron chi connectivity index (χ2n) is 3.22. The summed E-state index contributed by atoms with van der Waals surface area (Å²) in [4.78, 5) is 4.26. The molecular formula is C10H12N2. The van der Waals surface area contributed by atoms with Crippen LogP contribution in [-0.2, 0) is 6.42 Å². The number of fused-ring (bicyclic) bond motifs is 1. The normalized spacial score (nSPS) is 15.5. The third-order valence-corrected chi connectivity index (χ3v) is 2.29. The zero-order chi connectivity index (χ0) is 8.55. The predicted octanol–water partition coefficient (Wildman–Crippen LogP) is 2.34. The lowest BCUT2D eigenvalue weighted by Gasteiger charge is -2.19. The third kappa shape index (κ3) is 1.09. The summed E-state index contributed by atoms with van der Waals surface area (Å²) in [6.07, 6.45) is 2.85. The van der Waals surface area contributed by atoms with Crippen molar-refractivity contribution in [2.75, 3.05) is 5.32 Å². The van der Waals surface area contributed by atoms with Crippen molar-refractivity contribution < 1.29 is 0 Å². The summed E-state index contributed by atoms with van der Waals surface area (Å²) in [6, 6.07) is 4.10. The van der Waals surface area contributed by atoms with Gasteiger partial charge in [-0.05, 0) is 37.5 Å². The van der Waals surface area contributed by atoms with Crippen LogP contribution in [0.25, 0.3) is 0 Å². The van der Waals surface area contributed by atoms with E-state index in [0.29, 0.717) is 0 Å². The summed E-state index contributed by atoms with van der Waals surface area (Å²) in [5, 5.41) is 3.28. The maximum atomic E-state index is 4.26. The van der Waals surface area contributed by atoms with Crippen LogP contribution in [0.4, 0.5) is 5.82 Å². The minimum atomic E-state index is 1.01. The van der Waals surface area contributed by atoms with E-state index in [1.165, 1.54) is 16.8 Å². The van der Waals surface area contributed by atoms with Gasteiger partial charge in [0.2, 0.25) is 0 Å². The fourth-order valence-corrected chi connectivity index (χ4v) is 1.40. The lowest BCUT2D eigenvalue weighted by molar-refractivity contribution is 1.02. The Morgan fingerprint density at radius 3 is 3.08 bits per heavy atom. The monoisotopic (exact) mass is 160 g/mol. The van der Waals surface area contributed by atoms with E-state index in [4.69, 9.17) is 0 Å². The standard InChI is InChI=1S/C10H12N2/c1-7-6-9-4-3-5-11-10(9)12-8(7)2/h3-5H,6H2,1-2H3,(H,11,12). The van der Waals surface area contributed by atoms with Gasteiger partial charge in [0.25, 0.3) is 0 Å². The van der Waals surface area contributed by atoms with Crippen molar-refractivity contribution in [1.82, 2.24) is 4.98 Å². The number of aromatic nitrogens is 1. The summed E-state index contributed by atoms with van der Waals surface area (Å²) in [6.45, 7) is 4.24.